The van der Waals surface area contributed by atoms with Gasteiger partial charge in [0.2, 0.25) is 0 Å². The number of hydrogen-bond acceptors (Lipinski definition) is 9. The number of ether oxygens (including phenoxy) is 3. The molecule has 0 aliphatic heterocycles. The Labute approximate surface area is 210 Å². The molecule has 0 fully saturated rings. The molecule has 3 N–H and O–H groups in total. The Morgan fingerprint density at radius 3 is 2.42 bits per heavy atom. The first-order valence-electron chi connectivity index (χ1n) is 10.8. The van der Waals surface area contributed by atoms with Gasteiger partial charge in [0.05, 0.1) is 42.8 Å². The van der Waals surface area contributed by atoms with Crippen LogP contribution in [0.3, 0.4) is 0 Å². The number of nitrogens with one attached hydrogen (secondary N) is 3. The number of rotatable bonds is 7. The number of amides is 2. The third-order valence-electron chi connectivity index (χ3n) is 5.37. The van der Waals surface area contributed by atoms with E-state index in [4.69, 9.17) is 14.2 Å². The smallest absolute Gasteiger partial charge is 0.323 e. The lowest BCUT2D eigenvalue weighted by atomic mass is 10.2. The zero-order valence-electron chi connectivity index (χ0n) is 19.7. The van der Waals surface area contributed by atoms with Crippen molar-refractivity contribution in [2.24, 2.45) is 0 Å². The molecule has 10 nitrogen and oxygen atoms in total. The van der Waals surface area contributed by atoms with E-state index < -0.39 is 0 Å². The van der Waals surface area contributed by atoms with E-state index in [1.54, 1.807) is 45.6 Å². The Balaban J connectivity index is 1.36. The number of hydrogen-bond donors (Lipinski definition) is 3. The lowest BCUT2D eigenvalue weighted by Crippen LogP contribution is -2.19. The van der Waals surface area contributed by atoms with Gasteiger partial charge in [-0.25, -0.2) is 19.7 Å². The number of benzene rings is 3. The number of aromatic nitrogens is 3. The zero-order valence-corrected chi connectivity index (χ0v) is 20.5. The van der Waals surface area contributed by atoms with E-state index in [0.717, 1.165) is 15.6 Å². The van der Waals surface area contributed by atoms with Gasteiger partial charge in [-0.05, 0) is 36.4 Å². The van der Waals surface area contributed by atoms with Gasteiger partial charge in [-0.1, -0.05) is 23.5 Å². The van der Waals surface area contributed by atoms with Gasteiger partial charge in [0.15, 0.2) is 16.6 Å². The number of anilines is 4. The van der Waals surface area contributed by atoms with Crippen molar-refractivity contribution in [3.8, 4) is 17.2 Å². The first-order valence-corrected chi connectivity index (χ1v) is 11.6. The van der Waals surface area contributed by atoms with Crippen molar-refractivity contribution < 1.29 is 19.0 Å². The summed E-state index contributed by atoms with van der Waals surface area (Å²) in [4.78, 5) is 25.9. The van der Waals surface area contributed by atoms with Crippen LogP contribution in [0.5, 0.6) is 17.2 Å². The molecule has 3 aromatic carbocycles. The highest BCUT2D eigenvalue weighted by atomic mass is 32.1. The van der Waals surface area contributed by atoms with Crippen molar-refractivity contribution >= 4 is 60.8 Å². The molecule has 0 bridgehead atoms. The maximum Gasteiger partial charge on any atom is 0.323 e. The quantitative estimate of drug-likeness (QED) is 0.261. The van der Waals surface area contributed by atoms with Crippen molar-refractivity contribution in [1.82, 2.24) is 15.0 Å². The van der Waals surface area contributed by atoms with Gasteiger partial charge >= 0.3 is 6.03 Å². The molecular weight excluding hydrogens is 480 g/mol. The molecule has 36 heavy (non-hydrogen) atoms. The third-order valence-corrected chi connectivity index (χ3v) is 6.30. The summed E-state index contributed by atoms with van der Waals surface area (Å²) in [6, 6.07) is 16.0. The van der Waals surface area contributed by atoms with Crippen LogP contribution in [0.1, 0.15) is 0 Å². The van der Waals surface area contributed by atoms with Gasteiger partial charge in [0, 0.05) is 17.1 Å². The van der Waals surface area contributed by atoms with E-state index in [1.165, 1.54) is 17.7 Å². The maximum absolute atomic E-state index is 12.5. The SMILES string of the molecule is COc1ccccc1NC(=O)Nc1ccc2nc(Nc3ncnc4cc(OC)c(OC)cc34)sc2c1. The first kappa shape index (κ1) is 23.1. The minimum Gasteiger partial charge on any atom is -0.495 e. The fourth-order valence-electron chi connectivity index (χ4n) is 3.67. The average molecular weight is 503 g/mol. The lowest BCUT2D eigenvalue weighted by molar-refractivity contribution is 0.262. The molecule has 11 heteroatoms. The van der Waals surface area contributed by atoms with Crippen molar-refractivity contribution in [1.29, 1.82) is 0 Å². The second-order valence-corrected chi connectivity index (χ2v) is 8.58. The fourth-order valence-corrected chi connectivity index (χ4v) is 4.58. The van der Waals surface area contributed by atoms with Crippen molar-refractivity contribution in [2.45, 2.75) is 0 Å². The van der Waals surface area contributed by atoms with E-state index in [0.29, 0.717) is 45.1 Å². The van der Waals surface area contributed by atoms with Crippen LogP contribution < -0.4 is 30.2 Å². The second-order valence-electron chi connectivity index (χ2n) is 7.55. The number of carbonyl (C=O) groups excluding carboxylic acids is 1. The van der Waals surface area contributed by atoms with Gasteiger partial charge < -0.3 is 30.2 Å². The Hall–Kier alpha value is -4.64. The fraction of sp³-hybridized carbons (Fsp3) is 0.120. The van der Waals surface area contributed by atoms with E-state index in [1.807, 2.05) is 30.3 Å². The number of urea groups is 1. The van der Waals surface area contributed by atoms with Crippen LogP contribution in [-0.4, -0.2) is 42.3 Å². The average Bonchev–Trinajstić information content (AvgIpc) is 3.29. The highest BCUT2D eigenvalue weighted by Gasteiger charge is 2.13. The predicted octanol–water partition coefficient (Wildman–Crippen LogP) is 5.65. The first-order chi connectivity index (χ1) is 17.6. The van der Waals surface area contributed by atoms with Crippen LogP contribution in [0.15, 0.2) is 60.9 Å². The number of para-hydroxylation sites is 2. The van der Waals surface area contributed by atoms with Gasteiger partial charge in [-0.3, -0.25) is 0 Å². The maximum atomic E-state index is 12.5. The Bertz CT molecular complexity index is 1570. The topological polar surface area (TPSA) is 120 Å². The Morgan fingerprint density at radius 1 is 0.833 bits per heavy atom. The van der Waals surface area contributed by atoms with Crippen LogP contribution in [0, 0.1) is 0 Å². The molecule has 2 aromatic heterocycles. The summed E-state index contributed by atoms with van der Waals surface area (Å²) in [5, 5.41) is 10.3. The number of carbonyl (C=O) groups is 1. The summed E-state index contributed by atoms with van der Waals surface area (Å²) in [5.41, 5.74) is 2.71. The lowest BCUT2D eigenvalue weighted by Gasteiger charge is -2.11. The van der Waals surface area contributed by atoms with Crippen LogP contribution >= 0.6 is 11.3 Å². The molecule has 182 valence electrons. The van der Waals surface area contributed by atoms with Crippen LogP contribution in [-0.2, 0) is 0 Å². The summed E-state index contributed by atoms with van der Waals surface area (Å²) in [5.74, 6) is 2.34. The summed E-state index contributed by atoms with van der Waals surface area (Å²) >= 11 is 1.44. The second kappa shape index (κ2) is 9.92. The molecule has 0 aliphatic rings. The molecule has 0 unspecified atom stereocenters. The molecule has 0 radical (unpaired) electrons. The van der Waals surface area contributed by atoms with Crippen molar-refractivity contribution in [3.05, 3.63) is 60.9 Å². The highest BCUT2D eigenvalue weighted by Crippen LogP contribution is 2.36. The molecule has 0 atom stereocenters. The van der Waals surface area contributed by atoms with E-state index in [9.17, 15) is 4.79 Å². The van der Waals surface area contributed by atoms with Gasteiger partial charge in [0.1, 0.15) is 17.9 Å². The summed E-state index contributed by atoms with van der Waals surface area (Å²) in [6.07, 6.45) is 1.48. The summed E-state index contributed by atoms with van der Waals surface area (Å²) in [7, 11) is 4.71. The molecule has 0 spiro atoms. The van der Waals surface area contributed by atoms with E-state index in [-0.39, 0.29) is 6.03 Å². The minimum atomic E-state index is -0.376. The number of thiazole rings is 1. The standard InChI is InChI=1S/C25H22N6O4S/c1-33-19-7-5-4-6-16(19)29-24(32)28-14-8-9-17-22(10-14)36-25(30-17)31-23-15-11-20(34-2)21(35-3)12-18(15)26-13-27-23/h4-13H,1-3H3,(H2,28,29,32)(H,26,27,30,31). The molecule has 2 amide bonds. The van der Waals surface area contributed by atoms with Gasteiger partial charge in [-0.2, -0.15) is 0 Å². The normalized spacial score (nSPS) is 10.8. The predicted molar refractivity (Wildman–Crippen MR) is 141 cm³/mol. The monoisotopic (exact) mass is 502 g/mol. The van der Waals surface area contributed by atoms with Crippen LogP contribution in [0.4, 0.5) is 27.1 Å². The van der Waals surface area contributed by atoms with Gasteiger partial charge in [-0.15, -0.1) is 0 Å². The number of fused-ring (bicyclic) bond motifs is 2. The van der Waals surface area contributed by atoms with Crippen molar-refractivity contribution in [3.63, 3.8) is 0 Å². The van der Waals surface area contributed by atoms with Crippen LogP contribution in [0.2, 0.25) is 0 Å². The highest BCUT2D eigenvalue weighted by molar-refractivity contribution is 7.22. The molecule has 0 saturated carbocycles. The molecule has 5 aromatic rings. The summed E-state index contributed by atoms with van der Waals surface area (Å²) < 4.78 is 17.0. The number of methoxy groups -OCH3 is 3. The molecule has 0 aliphatic carbocycles. The Morgan fingerprint density at radius 2 is 1.61 bits per heavy atom. The summed E-state index contributed by atoms with van der Waals surface area (Å²) in [6.45, 7) is 0. The largest absolute Gasteiger partial charge is 0.495 e. The van der Waals surface area contributed by atoms with Gasteiger partial charge in [0.25, 0.3) is 0 Å². The van der Waals surface area contributed by atoms with Crippen molar-refractivity contribution in [2.75, 3.05) is 37.3 Å². The molecular formula is C25H22N6O4S. The Kier molecular flexibility index (Phi) is 6.37. The minimum absolute atomic E-state index is 0.376. The zero-order chi connectivity index (χ0) is 25.1. The molecule has 0 saturated heterocycles. The van der Waals surface area contributed by atoms with Crippen LogP contribution in [0.25, 0.3) is 21.1 Å². The number of nitrogens with zero attached hydrogens (tertiary/aromatic N) is 3. The van der Waals surface area contributed by atoms with E-state index in [2.05, 4.69) is 30.9 Å². The van der Waals surface area contributed by atoms with E-state index >= 15 is 0 Å². The third kappa shape index (κ3) is 4.64. The molecule has 2 heterocycles. The molecule has 5 rings (SSSR count).